The van der Waals surface area contributed by atoms with Crippen molar-refractivity contribution in [3.05, 3.63) is 42.5 Å². The third-order valence-electron chi connectivity index (χ3n) is 2.25. The SMILES string of the molecule is CN(C)c1cccc2ccccc12. The highest BCUT2D eigenvalue weighted by atomic mass is 15.1. The Bertz CT molecular complexity index is 413. The van der Waals surface area contributed by atoms with E-state index < -0.39 is 0 Å². The van der Waals surface area contributed by atoms with Gasteiger partial charge >= 0.3 is 0 Å². The van der Waals surface area contributed by atoms with Gasteiger partial charge in [-0.3, -0.25) is 0 Å². The van der Waals surface area contributed by atoms with Crippen LogP contribution < -0.4 is 4.90 Å². The molecule has 0 radical (unpaired) electrons. The van der Waals surface area contributed by atoms with Gasteiger partial charge in [0.25, 0.3) is 0 Å². The number of benzene rings is 2. The van der Waals surface area contributed by atoms with Gasteiger partial charge in [0.1, 0.15) is 0 Å². The second-order valence-electron chi connectivity index (χ2n) is 3.39. The summed E-state index contributed by atoms with van der Waals surface area (Å²) < 4.78 is 0. The molecule has 2 aromatic carbocycles. The molecule has 0 aliphatic carbocycles. The minimum Gasteiger partial charge on any atom is -0.377 e. The van der Waals surface area contributed by atoms with Gasteiger partial charge in [0.15, 0.2) is 0 Å². The molecule has 66 valence electrons. The maximum Gasteiger partial charge on any atom is 0.0440 e. The first-order chi connectivity index (χ1) is 6.29. The fourth-order valence-electron chi connectivity index (χ4n) is 1.60. The van der Waals surface area contributed by atoms with Crippen LogP contribution in [-0.2, 0) is 0 Å². The molecule has 0 atom stereocenters. The van der Waals surface area contributed by atoms with Crippen LogP contribution in [0.3, 0.4) is 0 Å². The third kappa shape index (κ3) is 1.37. The summed E-state index contributed by atoms with van der Waals surface area (Å²) in [5, 5.41) is 2.61. The van der Waals surface area contributed by atoms with Crippen molar-refractivity contribution >= 4 is 16.5 Å². The molecular formula is C12H13N. The molecule has 1 heteroatoms. The molecule has 0 bridgehead atoms. The molecule has 2 aromatic rings. The molecule has 13 heavy (non-hydrogen) atoms. The Morgan fingerprint density at radius 2 is 1.54 bits per heavy atom. The standard InChI is InChI=1S/C12H13N/c1-13(2)12-9-5-7-10-6-3-4-8-11(10)12/h3-9H,1-2H3. The van der Waals surface area contributed by atoms with Crippen LogP contribution in [0.5, 0.6) is 0 Å². The van der Waals surface area contributed by atoms with Gasteiger partial charge in [-0.15, -0.1) is 0 Å². The maximum absolute atomic E-state index is 2.16. The van der Waals surface area contributed by atoms with E-state index in [1.807, 2.05) is 0 Å². The van der Waals surface area contributed by atoms with Crippen molar-refractivity contribution in [2.45, 2.75) is 0 Å². The van der Waals surface area contributed by atoms with Gasteiger partial charge < -0.3 is 4.90 Å². The van der Waals surface area contributed by atoms with Gasteiger partial charge in [-0.2, -0.15) is 0 Å². The molecule has 2 rings (SSSR count). The lowest BCUT2D eigenvalue weighted by atomic mass is 10.1. The Balaban J connectivity index is 2.76. The second kappa shape index (κ2) is 3.09. The van der Waals surface area contributed by atoms with Crippen LogP contribution in [0.15, 0.2) is 42.5 Å². The highest BCUT2D eigenvalue weighted by molar-refractivity contribution is 5.94. The number of anilines is 1. The summed E-state index contributed by atoms with van der Waals surface area (Å²) in [4.78, 5) is 2.14. The number of nitrogens with zero attached hydrogens (tertiary/aromatic N) is 1. The molecular weight excluding hydrogens is 158 g/mol. The summed E-state index contributed by atoms with van der Waals surface area (Å²) in [5.74, 6) is 0. The number of hydrogen-bond donors (Lipinski definition) is 0. The monoisotopic (exact) mass is 171 g/mol. The largest absolute Gasteiger partial charge is 0.377 e. The molecule has 0 amide bonds. The minimum atomic E-state index is 1.28. The van der Waals surface area contributed by atoms with Gasteiger partial charge in [0.2, 0.25) is 0 Å². The topological polar surface area (TPSA) is 3.24 Å². The highest BCUT2D eigenvalue weighted by Crippen LogP contribution is 2.24. The molecule has 0 fully saturated rings. The van der Waals surface area contributed by atoms with Gasteiger partial charge in [-0.1, -0.05) is 36.4 Å². The molecule has 0 aliphatic rings. The Hall–Kier alpha value is -1.50. The molecule has 0 aliphatic heterocycles. The predicted octanol–water partition coefficient (Wildman–Crippen LogP) is 2.91. The van der Waals surface area contributed by atoms with Crippen LogP contribution >= 0.6 is 0 Å². The third-order valence-corrected chi connectivity index (χ3v) is 2.25. The molecule has 0 saturated heterocycles. The first kappa shape index (κ1) is 8.11. The summed E-state index contributed by atoms with van der Waals surface area (Å²) in [7, 11) is 4.14. The van der Waals surface area contributed by atoms with Crippen molar-refractivity contribution in [1.82, 2.24) is 0 Å². The predicted molar refractivity (Wildman–Crippen MR) is 58.3 cm³/mol. The Morgan fingerprint density at radius 1 is 0.846 bits per heavy atom. The lowest BCUT2D eigenvalue weighted by Gasteiger charge is -2.14. The van der Waals surface area contributed by atoms with E-state index in [2.05, 4.69) is 61.5 Å². The van der Waals surface area contributed by atoms with E-state index in [0.717, 1.165) is 0 Å². The van der Waals surface area contributed by atoms with Crippen molar-refractivity contribution in [2.75, 3.05) is 19.0 Å². The fourth-order valence-corrected chi connectivity index (χ4v) is 1.60. The Labute approximate surface area is 78.6 Å². The van der Waals surface area contributed by atoms with Crippen molar-refractivity contribution in [1.29, 1.82) is 0 Å². The minimum absolute atomic E-state index is 1.28. The van der Waals surface area contributed by atoms with Gasteiger partial charge in [-0.25, -0.2) is 0 Å². The van der Waals surface area contributed by atoms with Gasteiger partial charge in [-0.05, 0) is 11.5 Å². The van der Waals surface area contributed by atoms with Crippen LogP contribution in [0.25, 0.3) is 10.8 Å². The Kier molecular flexibility index (Phi) is 1.93. The fraction of sp³-hybridized carbons (Fsp3) is 0.167. The lowest BCUT2D eigenvalue weighted by Crippen LogP contribution is -2.08. The first-order valence-corrected chi connectivity index (χ1v) is 4.44. The zero-order chi connectivity index (χ0) is 9.26. The Morgan fingerprint density at radius 3 is 2.31 bits per heavy atom. The molecule has 0 spiro atoms. The van der Waals surface area contributed by atoms with E-state index in [1.54, 1.807) is 0 Å². The molecule has 0 aromatic heterocycles. The van der Waals surface area contributed by atoms with Crippen LogP contribution in [0.1, 0.15) is 0 Å². The van der Waals surface area contributed by atoms with E-state index >= 15 is 0 Å². The van der Waals surface area contributed by atoms with E-state index in [0.29, 0.717) is 0 Å². The van der Waals surface area contributed by atoms with Crippen molar-refractivity contribution in [3.8, 4) is 0 Å². The average molecular weight is 171 g/mol. The van der Waals surface area contributed by atoms with E-state index in [-0.39, 0.29) is 0 Å². The summed E-state index contributed by atoms with van der Waals surface area (Å²) in [6, 6.07) is 14.8. The smallest absolute Gasteiger partial charge is 0.0440 e. The van der Waals surface area contributed by atoms with Crippen molar-refractivity contribution < 1.29 is 0 Å². The normalized spacial score (nSPS) is 10.3. The summed E-state index contributed by atoms with van der Waals surface area (Å²) in [6.45, 7) is 0. The van der Waals surface area contributed by atoms with Crippen molar-refractivity contribution in [3.63, 3.8) is 0 Å². The second-order valence-corrected chi connectivity index (χ2v) is 3.39. The highest BCUT2D eigenvalue weighted by Gasteiger charge is 1.99. The molecule has 1 nitrogen and oxygen atoms in total. The maximum atomic E-state index is 2.16. The zero-order valence-corrected chi connectivity index (χ0v) is 7.99. The molecule has 0 N–H and O–H groups in total. The zero-order valence-electron chi connectivity index (χ0n) is 7.99. The van der Waals surface area contributed by atoms with Gasteiger partial charge in [0, 0.05) is 25.2 Å². The van der Waals surface area contributed by atoms with E-state index in [9.17, 15) is 0 Å². The quantitative estimate of drug-likeness (QED) is 0.637. The van der Waals surface area contributed by atoms with Crippen LogP contribution in [-0.4, -0.2) is 14.1 Å². The van der Waals surface area contributed by atoms with Crippen molar-refractivity contribution in [2.24, 2.45) is 0 Å². The number of rotatable bonds is 1. The lowest BCUT2D eigenvalue weighted by molar-refractivity contribution is 1.14. The molecule has 0 heterocycles. The molecule has 0 saturated carbocycles. The number of fused-ring (bicyclic) bond motifs is 1. The number of hydrogen-bond acceptors (Lipinski definition) is 1. The van der Waals surface area contributed by atoms with E-state index in [1.165, 1.54) is 16.5 Å². The molecule has 0 unspecified atom stereocenters. The summed E-state index contributed by atoms with van der Waals surface area (Å²) in [6.07, 6.45) is 0. The average Bonchev–Trinajstić information content (AvgIpc) is 2.17. The summed E-state index contributed by atoms with van der Waals surface area (Å²) in [5.41, 5.74) is 1.28. The van der Waals surface area contributed by atoms with Crippen LogP contribution in [0, 0.1) is 0 Å². The van der Waals surface area contributed by atoms with Crippen LogP contribution in [0.2, 0.25) is 0 Å². The summed E-state index contributed by atoms with van der Waals surface area (Å²) >= 11 is 0. The van der Waals surface area contributed by atoms with E-state index in [4.69, 9.17) is 0 Å². The van der Waals surface area contributed by atoms with Gasteiger partial charge in [0.05, 0.1) is 0 Å². The van der Waals surface area contributed by atoms with Crippen LogP contribution in [0.4, 0.5) is 5.69 Å². The first-order valence-electron chi connectivity index (χ1n) is 4.44.